The van der Waals surface area contributed by atoms with Gasteiger partial charge in [0.15, 0.2) is 0 Å². The number of hydrogen-bond donors (Lipinski definition) is 0. The van der Waals surface area contributed by atoms with Gasteiger partial charge in [-0.25, -0.2) is 0 Å². The number of halogens is 1. The van der Waals surface area contributed by atoms with Crippen LogP contribution in [-0.2, 0) is 14.2 Å². The van der Waals surface area contributed by atoms with Gasteiger partial charge >= 0.3 is 0 Å². The summed E-state index contributed by atoms with van der Waals surface area (Å²) in [5.41, 5.74) is -1.18. The smallest absolute Gasteiger partial charge is 0.290 e. The molecular formula is C4H4ClO3P. The van der Waals surface area contributed by atoms with Crippen molar-refractivity contribution in [1.82, 2.24) is 0 Å². The zero-order valence-electron chi connectivity index (χ0n) is 4.46. The molecule has 1 rings (SSSR count). The van der Waals surface area contributed by atoms with Crippen molar-refractivity contribution in [1.29, 1.82) is 0 Å². The summed E-state index contributed by atoms with van der Waals surface area (Å²) < 4.78 is 10.7. The fourth-order valence-corrected chi connectivity index (χ4v) is 2.22. The first-order valence-corrected chi connectivity index (χ1v) is 5.03. The minimum absolute atomic E-state index is 0.0552. The van der Waals surface area contributed by atoms with E-state index >= 15 is 0 Å². The maximum absolute atomic E-state index is 10.7. The SMILES string of the molecule is O=C1CCC(=O)P1(=O)Cl. The molecule has 0 amide bonds. The second kappa shape index (κ2) is 1.93. The molecule has 0 atom stereocenters. The molecule has 0 aromatic heterocycles. The molecule has 1 aliphatic rings. The van der Waals surface area contributed by atoms with Gasteiger partial charge in [-0.15, -0.1) is 0 Å². The third-order valence-electron chi connectivity index (χ3n) is 1.19. The first-order valence-electron chi connectivity index (χ1n) is 2.41. The first-order chi connectivity index (χ1) is 4.05. The predicted molar refractivity (Wildman–Crippen MR) is 32.7 cm³/mol. The number of carbonyl (C=O) groups is 2. The minimum Gasteiger partial charge on any atom is -0.290 e. The van der Waals surface area contributed by atoms with Crippen molar-refractivity contribution >= 4 is 28.8 Å². The van der Waals surface area contributed by atoms with Gasteiger partial charge in [0, 0.05) is 12.8 Å². The standard InChI is InChI=1S/C4H4ClO3P/c5-9(8)3(6)1-2-4(9)7/h1-2H2. The van der Waals surface area contributed by atoms with E-state index in [9.17, 15) is 14.2 Å². The van der Waals surface area contributed by atoms with E-state index in [0.717, 1.165) is 0 Å². The van der Waals surface area contributed by atoms with Crippen molar-refractivity contribution in [3.63, 3.8) is 0 Å². The monoisotopic (exact) mass is 166 g/mol. The third kappa shape index (κ3) is 0.950. The molecule has 1 saturated heterocycles. The molecule has 0 aromatic rings. The van der Waals surface area contributed by atoms with Crippen LogP contribution in [0.25, 0.3) is 0 Å². The summed E-state index contributed by atoms with van der Waals surface area (Å²) in [5, 5.41) is 0. The summed E-state index contributed by atoms with van der Waals surface area (Å²) in [6.07, 6.45) is 0.110. The summed E-state index contributed by atoms with van der Waals surface area (Å²) in [7, 11) is 0. The molecule has 1 heterocycles. The molecule has 50 valence electrons. The van der Waals surface area contributed by atoms with Crippen LogP contribution in [0.15, 0.2) is 0 Å². The highest BCUT2D eigenvalue weighted by Gasteiger charge is 2.42. The van der Waals surface area contributed by atoms with Crippen LogP contribution in [0.5, 0.6) is 0 Å². The lowest BCUT2D eigenvalue weighted by Gasteiger charge is -1.91. The van der Waals surface area contributed by atoms with Gasteiger partial charge in [-0.05, 0) is 11.2 Å². The van der Waals surface area contributed by atoms with E-state index in [1.54, 1.807) is 0 Å². The van der Waals surface area contributed by atoms with Crippen LogP contribution in [-0.4, -0.2) is 11.0 Å². The van der Waals surface area contributed by atoms with Crippen molar-refractivity contribution in [3.05, 3.63) is 0 Å². The molecule has 0 saturated carbocycles. The van der Waals surface area contributed by atoms with Crippen LogP contribution in [0.3, 0.4) is 0 Å². The Morgan fingerprint density at radius 1 is 1.22 bits per heavy atom. The Balaban J connectivity index is 3.06. The van der Waals surface area contributed by atoms with E-state index in [1.165, 1.54) is 0 Å². The van der Waals surface area contributed by atoms with E-state index in [1.807, 2.05) is 0 Å². The van der Waals surface area contributed by atoms with Gasteiger partial charge in [-0.3, -0.25) is 14.2 Å². The highest BCUT2D eigenvalue weighted by molar-refractivity contribution is 8.13. The molecule has 0 aliphatic carbocycles. The Morgan fingerprint density at radius 3 is 1.67 bits per heavy atom. The first kappa shape index (κ1) is 6.97. The van der Waals surface area contributed by atoms with Crippen LogP contribution >= 0.6 is 17.7 Å². The van der Waals surface area contributed by atoms with Gasteiger partial charge in [-0.2, -0.15) is 0 Å². The Kier molecular flexibility index (Phi) is 1.49. The van der Waals surface area contributed by atoms with E-state index < -0.39 is 17.5 Å². The lowest BCUT2D eigenvalue weighted by atomic mass is 10.4. The molecule has 0 aromatic carbocycles. The Bertz CT molecular complexity index is 202. The number of rotatable bonds is 0. The van der Waals surface area contributed by atoms with Gasteiger partial charge in [0.1, 0.15) is 0 Å². The van der Waals surface area contributed by atoms with E-state index in [2.05, 4.69) is 0 Å². The molecular weight excluding hydrogens is 162 g/mol. The molecule has 1 aliphatic heterocycles. The maximum atomic E-state index is 10.7. The maximum Gasteiger partial charge on any atom is 0.294 e. The Labute approximate surface area is 56.5 Å². The summed E-state index contributed by atoms with van der Waals surface area (Å²) in [4.78, 5) is 21.0. The van der Waals surface area contributed by atoms with E-state index in [4.69, 9.17) is 11.2 Å². The molecule has 0 spiro atoms. The molecule has 1 fully saturated rings. The number of hydrogen-bond acceptors (Lipinski definition) is 3. The van der Waals surface area contributed by atoms with Gasteiger partial charge < -0.3 is 0 Å². The van der Waals surface area contributed by atoms with E-state index in [0.29, 0.717) is 0 Å². The van der Waals surface area contributed by atoms with Gasteiger partial charge in [0.05, 0.1) is 0 Å². The third-order valence-corrected chi connectivity index (χ3v) is 4.06. The average molecular weight is 166 g/mol. The van der Waals surface area contributed by atoms with Gasteiger partial charge in [0.2, 0.25) is 11.0 Å². The highest BCUT2D eigenvalue weighted by Crippen LogP contribution is 2.59. The molecule has 0 radical (unpaired) electrons. The molecule has 0 N–H and O–H groups in total. The lowest BCUT2D eigenvalue weighted by molar-refractivity contribution is -0.112. The Hall–Kier alpha value is -0.140. The summed E-state index contributed by atoms with van der Waals surface area (Å²) >= 11 is 5.12. The lowest BCUT2D eigenvalue weighted by Crippen LogP contribution is -1.87. The quantitative estimate of drug-likeness (QED) is 0.511. The van der Waals surface area contributed by atoms with Crippen LogP contribution in [0.2, 0.25) is 0 Å². The molecule has 0 unspecified atom stereocenters. The fraction of sp³-hybridized carbons (Fsp3) is 0.500. The number of carbonyl (C=O) groups excluding carboxylic acids is 2. The summed E-state index contributed by atoms with van der Waals surface area (Å²) in [5.74, 6) is 0. The molecule has 0 bridgehead atoms. The zero-order chi connectivity index (χ0) is 7.07. The van der Waals surface area contributed by atoms with Crippen molar-refractivity contribution in [2.24, 2.45) is 0 Å². The topological polar surface area (TPSA) is 51.2 Å². The largest absolute Gasteiger partial charge is 0.294 e. The molecule has 3 nitrogen and oxygen atoms in total. The zero-order valence-corrected chi connectivity index (χ0v) is 6.11. The summed E-state index contributed by atoms with van der Waals surface area (Å²) in [6, 6.07) is 0. The highest BCUT2D eigenvalue weighted by atomic mass is 35.7. The van der Waals surface area contributed by atoms with Gasteiger partial charge in [-0.1, -0.05) is 0 Å². The van der Waals surface area contributed by atoms with Crippen molar-refractivity contribution in [2.45, 2.75) is 12.8 Å². The van der Waals surface area contributed by atoms with E-state index in [-0.39, 0.29) is 12.8 Å². The second-order valence-corrected chi connectivity index (χ2v) is 5.31. The average Bonchev–Trinajstić information content (AvgIpc) is 1.96. The molecule has 5 heteroatoms. The Morgan fingerprint density at radius 2 is 1.56 bits per heavy atom. The van der Waals surface area contributed by atoms with Crippen LogP contribution in [0.1, 0.15) is 12.8 Å². The van der Waals surface area contributed by atoms with Crippen molar-refractivity contribution in [2.75, 3.05) is 0 Å². The minimum atomic E-state index is -3.53. The van der Waals surface area contributed by atoms with Gasteiger partial charge in [0.25, 0.3) is 6.49 Å². The van der Waals surface area contributed by atoms with Crippen molar-refractivity contribution < 1.29 is 14.2 Å². The summed E-state index contributed by atoms with van der Waals surface area (Å²) in [6.45, 7) is -3.53. The van der Waals surface area contributed by atoms with Crippen LogP contribution in [0.4, 0.5) is 0 Å². The van der Waals surface area contributed by atoms with Crippen LogP contribution < -0.4 is 0 Å². The normalized spacial score (nSPS) is 25.0. The van der Waals surface area contributed by atoms with Crippen LogP contribution in [0, 0.1) is 0 Å². The second-order valence-electron chi connectivity index (χ2n) is 1.82. The molecule has 9 heavy (non-hydrogen) atoms. The van der Waals surface area contributed by atoms with Crippen molar-refractivity contribution in [3.8, 4) is 0 Å². The predicted octanol–water partition coefficient (Wildman–Crippen LogP) is 1.35. The fourth-order valence-electron chi connectivity index (χ4n) is 0.641.